The molecule has 0 spiro atoms. The van der Waals surface area contributed by atoms with E-state index in [0.717, 1.165) is 0 Å². The normalized spacial score (nSPS) is 15.3. The third-order valence-electron chi connectivity index (χ3n) is 5.51. The molecule has 0 saturated heterocycles. The molecule has 27 heavy (non-hydrogen) atoms. The smallest absolute Gasteiger partial charge is 0.417 e. The van der Waals surface area contributed by atoms with Crippen molar-refractivity contribution in [2.45, 2.75) is 82.8 Å². The first-order chi connectivity index (χ1) is 11.7. The molecule has 0 fully saturated rings. The number of rotatable bonds is 10. The molecular weight excluding hydrogens is 417 g/mol. The first-order valence-corrected chi connectivity index (χ1v) is 16.1. The predicted octanol–water partition coefficient (Wildman–Crippen LogP) is 5.27. The summed E-state index contributed by atoms with van der Waals surface area (Å²) in [7, 11) is -9.95. The van der Waals surface area contributed by atoms with E-state index in [1.54, 1.807) is 13.8 Å². The van der Waals surface area contributed by atoms with Crippen molar-refractivity contribution < 1.29 is 34.6 Å². The summed E-state index contributed by atoms with van der Waals surface area (Å²) in [4.78, 5) is 0. The quantitative estimate of drug-likeness (QED) is 0.196. The Labute approximate surface area is 164 Å². The van der Waals surface area contributed by atoms with Gasteiger partial charge in [-0.3, -0.25) is 4.18 Å². The van der Waals surface area contributed by atoms with Gasteiger partial charge in [-0.2, -0.15) is 21.6 Å². The molecule has 11 heteroatoms. The van der Waals surface area contributed by atoms with Crippen molar-refractivity contribution in [2.75, 3.05) is 19.8 Å². The minimum absolute atomic E-state index is 0.116. The molecule has 0 aromatic heterocycles. The van der Waals surface area contributed by atoms with Gasteiger partial charge in [-0.25, -0.2) is 0 Å². The van der Waals surface area contributed by atoms with Crippen molar-refractivity contribution in [3.63, 3.8) is 0 Å². The van der Waals surface area contributed by atoms with Crippen LogP contribution in [0.25, 0.3) is 0 Å². The SMILES string of the molecule is CC(C)(C)[Si](C)(C)OCCCO[Si](C)(C)C(C)(C)COS(=O)(=O)C(F)(F)F. The van der Waals surface area contributed by atoms with Crippen LogP contribution in [0.5, 0.6) is 0 Å². The van der Waals surface area contributed by atoms with Crippen LogP contribution in [-0.4, -0.2) is 50.4 Å². The monoisotopic (exact) mass is 452 g/mol. The van der Waals surface area contributed by atoms with Gasteiger partial charge in [0.25, 0.3) is 0 Å². The highest BCUT2D eigenvalue weighted by Gasteiger charge is 2.50. The summed E-state index contributed by atoms with van der Waals surface area (Å²) in [6.07, 6.45) is 0.667. The first kappa shape index (κ1) is 27.1. The molecule has 0 aliphatic heterocycles. The zero-order chi connectivity index (χ0) is 21.9. The fourth-order valence-electron chi connectivity index (χ4n) is 1.59. The van der Waals surface area contributed by atoms with Crippen LogP contribution in [0, 0.1) is 0 Å². The summed E-state index contributed by atoms with van der Waals surface area (Å²) in [6, 6.07) is 0. The van der Waals surface area contributed by atoms with Crippen LogP contribution in [0.4, 0.5) is 13.2 Å². The number of hydrogen-bond acceptors (Lipinski definition) is 5. The molecule has 0 saturated carbocycles. The lowest BCUT2D eigenvalue weighted by Crippen LogP contribution is -2.46. The summed E-state index contributed by atoms with van der Waals surface area (Å²) < 4.78 is 75.8. The molecule has 0 unspecified atom stereocenters. The van der Waals surface area contributed by atoms with Crippen molar-refractivity contribution >= 4 is 26.8 Å². The molecule has 0 rings (SSSR count). The average Bonchev–Trinajstić information content (AvgIpc) is 2.42. The van der Waals surface area contributed by atoms with Gasteiger partial charge < -0.3 is 8.85 Å². The number of hydrogen-bond donors (Lipinski definition) is 0. The summed E-state index contributed by atoms with van der Waals surface area (Å²) in [6.45, 7) is 18.2. The fraction of sp³-hybridized carbons (Fsp3) is 1.00. The summed E-state index contributed by atoms with van der Waals surface area (Å²) in [5, 5.41) is -0.712. The van der Waals surface area contributed by atoms with Crippen LogP contribution >= 0.6 is 0 Å². The van der Waals surface area contributed by atoms with E-state index in [0.29, 0.717) is 19.6 Å². The van der Waals surface area contributed by atoms with Crippen molar-refractivity contribution in [1.29, 1.82) is 0 Å². The lowest BCUT2D eigenvalue weighted by atomic mass is 10.2. The van der Waals surface area contributed by atoms with E-state index in [2.05, 4.69) is 38.0 Å². The van der Waals surface area contributed by atoms with Crippen LogP contribution in [0.15, 0.2) is 0 Å². The highest BCUT2D eigenvalue weighted by atomic mass is 32.2. The Morgan fingerprint density at radius 1 is 0.815 bits per heavy atom. The minimum Gasteiger partial charge on any atom is -0.417 e. The van der Waals surface area contributed by atoms with Gasteiger partial charge in [-0.1, -0.05) is 34.6 Å². The third kappa shape index (κ3) is 7.77. The fourth-order valence-corrected chi connectivity index (χ4v) is 4.83. The summed E-state index contributed by atoms with van der Waals surface area (Å²) in [5.41, 5.74) is -5.42. The maximum atomic E-state index is 12.4. The minimum atomic E-state index is -5.60. The Morgan fingerprint density at radius 2 is 1.22 bits per heavy atom. The standard InChI is InChI=1S/C16H35F3O5SSi2/c1-14(2,3)26(6,7)23-11-10-12-24-27(8,9)15(4,5)13-22-25(20,21)16(17,18)19/h10-13H2,1-9H3. The number of halogens is 3. The maximum absolute atomic E-state index is 12.4. The molecule has 0 heterocycles. The highest BCUT2D eigenvalue weighted by Crippen LogP contribution is 2.40. The second-order valence-electron chi connectivity index (χ2n) is 9.37. The van der Waals surface area contributed by atoms with Crippen LogP contribution in [-0.2, 0) is 23.2 Å². The van der Waals surface area contributed by atoms with E-state index in [-0.39, 0.29) is 5.04 Å². The second kappa shape index (κ2) is 8.82. The van der Waals surface area contributed by atoms with E-state index in [4.69, 9.17) is 8.85 Å². The third-order valence-corrected chi connectivity index (χ3v) is 15.4. The first-order valence-electron chi connectivity index (χ1n) is 8.90. The Hall–Kier alpha value is 0.0538. The maximum Gasteiger partial charge on any atom is 0.523 e. The van der Waals surface area contributed by atoms with Gasteiger partial charge in [0.05, 0.1) is 6.61 Å². The Kier molecular flexibility index (Phi) is 8.84. The van der Waals surface area contributed by atoms with Crippen LogP contribution in [0.1, 0.15) is 41.0 Å². The molecule has 164 valence electrons. The van der Waals surface area contributed by atoms with Gasteiger partial charge >= 0.3 is 15.6 Å². The summed E-state index contributed by atoms with van der Waals surface area (Å²) >= 11 is 0. The van der Waals surface area contributed by atoms with Gasteiger partial charge in [-0.15, -0.1) is 0 Å². The highest BCUT2D eigenvalue weighted by molar-refractivity contribution is 7.87. The Bertz CT molecular complexity index is 582. The Morgan fingerprint density at radius 3 is 1.59 bits per heavy atom. The molecule has 0 N–H and O–H groups in total. The molecular formula is C16H35F3O5SSi2. The second-order valence-corrected chi connectivity index (χ2v) is 20.4. The number of alkyl halides is 3. The predicted molar refractivity (Wildman–Crippen MR) is 106 cm³/mol. The zero-order valence-corrected chi connectivity index (χ0v) is 20.7. The van der Waals surface area contributed by atoms with Crippen LogP contribution in [0.3, 0.4) is 0 Å². The molecule has 0 bridgehead atoms. The largest absolute Gasteiger partial charge is 0.523 e. The van der Waals surface area contributed by atoms with Crippen molar-refractivity contribution in [2.24, 2.45) is 0 Å². The van der Waals surface area contributed by atoms with Gasteiger partial charge in [0.15, 0.2) is 16.6 Å². The van der Waals surface area contributed by atoms with E-state index in [1.165, 1.54) is 0 Å². The molecule has 0 aliphatic carbocycles. The molecule has 5 nitrogen and oxygen atoms in total. The molecule has 0 aromatic carbocycles. The molecule has 0 atom stereocenters. The van der Waals surface area contributed by atoms with Crippen molar-refractivity contribution in [3.8, 4) is 0 Å². The molecule has 0 aromatic rings. The zero-order valence-electron chi connectivity index (χ0n) is 17.9. The molecule has 0 amide bonds. The van der Waals surface area contributed by atoms with Crippen molar-refractivity contribution in [1.82, 2.24) is 0 Å². The van der Waals surface area contributed by atoms with E-state index in [9.17, 15) is 21.6 Å². The summed E-state index contributed by atoms with van der Waals surface area (Å²) in [5.74, 6) is 0. The lowest BCUT2D eigenvalue weighted by Gasteiger charge is -2.39. The Balaban J connectivity index is 4.61. The van der Waals surface area contributed by atoms with Gasteiger partial charge in [0.1, 0.15) is 0 Å². The van der Waals surface area contributed by atoms with E-state index < -0.39 is 43.9 Å². The van der Waals surface area contributed by atoms with Crippen LogP contribution in [0.2, 0.25) is 36.3 Å². The van der Waals surface area contributed by atoms with E-state index in [1.807, 2.05) is 13.1 Å². The van der Waals surface area contributed by atoms with Gasteiger partial charge in [-0.05, 0) is 37.6 Å². The molecule has 0 aliphatic rings. The van der Waals surface area contributed by atoms with Gasteiger partial charge in [0, 0.05) is 18.3 Å². The van der Waals surface area contributed by atoms with Crippen molar-refractivity contribution in [3.05, 3.63) is 0 Å². The average molecular weight is 453 g/mol. The lowest BCUT2D eigenvalue weighted by molar-refractivity contribution is -0.0548. The van der Waals surface area contributed by atoms with Gasteiger partial charge in [0.2, 0.25) is 0 Å². The van der Waals surface area contributed by atoms with Crippen LogP contribution < -0.4 is 0 Å². The molecule has 0 radical (unpaired) electrons. The topological polar surface area (TPSA) is 61.8 Å². The van der Waals surface area contributed by atoms with E-state index >= 15 is 0 Å².